The summed E-state index contributed by atoms with van der Waals surface area (Å²) in [6, 6.07) is 4.14. The number of hydrogen-bond donors (Lipinski definition) is 1. The Bertz CT molecular complexity index is 1480. The maximum atomic E-state index is 13.1. The van der Waals surface area contributed by atoms with Crippen LogP contribution in [-0.2, 0) is 32.2 Å². The van der Waals surface area contributed by atoms with Gasteiger partial charge in [0.15, 0.2) is 0 Å². The van der Waals surface area contributed by atoms with Crippen LogP contribution < -0.4 is 0 Å². The van der Waals surface area contributed by atoms with Crippen molar-refractivity contribution >= 4 is 18.0 Å². The van der Waals surface area contributed by atoms with Gasteiger partial charge in [-0.3, -0.25) is 0 Å². The van der Waals surface area contributed by atoms with E-state index in [0.29, 0.717) is 19.3 Å². The van der Waals surface area contributed by atoms with Gasteiger partial charge in [-0.1, -0.05) is 19.4 Å². The van der Waals surface area contributed by atoms with Gasteiger partial charge in [0, 0.05) is 5.56 Å². The first-order chi connectivity index (χ1) is 19.7. The molecule has 7 atom stereocenters. The Balaban J connectivity index is 1.18. The Hall–Kier alpha value is -3.58. The lowest BCUT2D eigenvalue weighted by Gasteiger charge is -2.59. The van der Waals surface area contributed by atoms with E-state index >= 15 is 0 Å². The van der Waals surface area contributed by atoms with E-state index in [9.17, 15) is 20.0 Å². The van der Waals surface area contributed by atoms with Crippen molar-refractivity contribution < 1.29 is 24.5 Å². The smallest absolute Gasteiger partial charge is 0.359 e. The van der Waals surface area contributed by atoms with Crippen LogP contribution in [0.4, 0.5) is 0 Å². The summed E-state index contributed by atoms with van der Waals surface area (Å²) in [5.74, 6) is -0.967. The number of nitriles is 1. The fourth-order valence-corrected chi connectivity index (χ4v) is 9.06. The Morgan fingerprint density at radius 2 is 1.95 bits per heavy atom. The van der Waals surface area contributed by atoms with Gasteiger partial charge in [0.2, 0.25) is 0 Å². The van der Waals surface area contributed by atoms with E-state index in [0.717, 1.165) is 54.7 Å². The first-order valence-electron chi connectivity index (χ1n) is 14.8. The third-order valence-corrected chi connectivity index (χ3v) is 11.1. The normalized spacial score (nSPS) is 35.2. The monoisotopic (exact) mass is 557 g/mol. The van der Waals surface area contributed by atoms with Gasteiger partial charge < -0.3 is 5.11 Å². The summed E-state index contributed by atoms with van der Waals surface area (Å²) in [6.07, 6.45) is 11.3. The fraction of sp³-hybridized carbons (Fsp3) is 0.613. The topological polar surface area (TPSA) is 140 Å². The van der Waals surface area contributed by atoms with Crippen LogP contribution in [0.1, 0.15) is 75.7 Å². The van der Waals surface area contributed by atoms with Crippen molar-refractivity contribution in [3.05, 3.63) is 41.0 Å². The molecule has 5 aliphatic rings. The summed E-state index contributed by atoms with van der Waals surface area (Å²) in [5, 5.41) is 34.2. The van der Waals surface area contributed by atoms with Crippen molar-refractivity contribution in [3.63, 3.8) is 0 Å². The molecule has 214 valence electrons. The minimum atomic E-state index is -0.599. The highest BCUT2D eigenvalue weighted by atomic mass is 17.2. The minimum absolute atomic E-state index is 0.0251. The molecule has 2 aromatic rings. The van der Waals surface area contributed by atoms with Gasteiger partial charge >= 0.3 is 11.9 Å². The number of rotatable bonds is 4. The summed E-state index contributed by atoms with van der Waals surface area (Å²) in [4.78, 5) is 35.0. The lowest BCUT2D eigenvalue weighted by atomic mass is 9.46. The zero-order chi connectivity index (χ0) is 28.5. The molecule has 2 aromatic heterocycles. The molecule has 5 aliphatic carbocycles. The molecule has 0 saturated heterocycles. The number of allylic oxidation sites excluding steroid dienone is 1. The van der Waals surface area contributed by atoms with Gasteiger partial charge in [0.05, 0.1) is 59.9 Å². The number of aromatic nitrogens is 4. The molecule has 10 heteroatoms. The van der Waals surface area contributed by atoms with Crippen molar-refractivity contribution in [2.24, 2.45) is 40.4 Å². The third-order valence-electron chi connectivity index (χ3n) is 11.1. The first kappa shape index (κ1) is 26.3. The van der Waals surface area contributed by atoms with Gasteiger partial charge in [0.1, 0.15) is 0 Å². The summed E-state index contributed by atoms with van der Waals surface area (Å²) in [7, 11) is 0. The number of fused-ring (bicyclic) bond motifs is 6. The van der Waals surface area contributed by atoms with Crippen LogP contribution in [0.15, 0.2) is 24.0 Å². The molecular weight excluding hydrogens is 522 g/mol. The predicted molar refractivity (Wildman–Crippen MR) is 144 cm³/mol. The van der Waals surface area contributed by atoms with Crippen LogP contribution >= 0.6 is 0 Å². The number of nitrogens with zero attached hydrogens (tertiary/aromatic N) is 5. The standard InChI is InChI=1S/C31H35N5O5/c1-30-14-21-24(9-11-32)35-36(19-10-12-33-34-16-19)25(21)13-18(30)5-6-20-22-7-8-23(31(22,2)15-26(37)27(20)30)29(39)41-40-28(38)17-3-4-17/h10,12-13,16-17,20,22-23,26-27,37H,3-9,14-15H2,1-2H3/t20-,22-,23-,26-,27+,30-,31-/m0/s1. The number of aliphatic hydroxyl groups is 1. The van der Waals surface area contributed by atoms with Crippen LogP contribution in [0, 0.1) is 51.8 Å². The molecule has 1 N–H and O–H groups in total. The molecule has 4 fully saturated rings. The zero-order valence-electron chi connectivity index (χ0n) is 23.5. The Kier molecular flexibility index (Phi) is 6.09. The highest BCUT2D eigenvalue weighted by Gasteiger charge is 2.64. The fourth-order valence-electron chi connectivity index (χ4n) is 9.06. The lowest BCUT2D eigenvalue weighted by Crippen LogP contribution is -2.57. The average molecular weight is 558 g/mol. The van der Waals surface area contributed by atoms with E-state index in [4.69, 9.17) is 14.9 Å². The maximum Gasteiger partial charge on any atom is 0.359 e. The molecular formula is C31H35N5O5. The molecule has 0 unspecified atom stereocenters. The SMILES string of the molecule is C[C@]12C[C@H](O)[C@H]3[C@@H](CCC4=Cc5c(c(CC#N)nn5-c5ccnnc5)C[C@@]43C)[C@@H]1CC[C@H]2C(=O)OOC(=O)C1CC1. The second-order valence-electron chi connectivity index (χ2n) is 13.2. The summed E-state index contributed by atoms with van der Waals surface area (Å²) in [5.41, 5.74) is 4.19. The summed E-state index contributed by atoms with van der Waals surface area (Å²) < 4.78 is 1.87. The lowest BCUT2D eigenvalue weighted by molar-refractivity contribution is -0.266. The average Bonchev–Trinajstić information content (AvgIpc) is 3.68. The summed E-state index contributed by atoms with van der Waals surface area (Å²) in [6.45, 7) is 4.38. The van der Waals surface area contributed by atoms with Crippen LogP contribution in [0.5, 0.6) is 0 Å². The Morgan fingerprint density at radius 3 is 2.68 bits per heavy atom. The van der Waals surface area contributed by atoms with Crippen LogP contribution in [-0.4, -0.2) is 43.1 Å². The highest BCUT2D eigenvalue weighted by Crippen LogP contribution is 2.67. The second-order valence-corrected chi connectivity index (χ2v) is 13.2. The molecule has 0 spiro atoms. The van der Waals surface area contributed by atoms with Crippen molar-refractivity contribution in [1.82, 2.24) is 20.0 Å². The largest absolute Gasteiger partial charge is 0.393 e. The molecule has 0 aromatic carbocycles. The maximum absolute atomic E-state index is 13.1. The van der Waals surface area contributed by atoms with E-state index in [1.54, 1.807) is 12.4 Å². The van der Waals surface area contributed by atoms with Crippen LogP contribution in [0.25, 0.3) is 11.8 Å². The molecule has 0 amide bonds. The molecule has 10 nitrogen and oxygen atoms in total. The van der Waals surface area contributed by atoms with Gasteiger partial charge in [-0.15, -0.1) is 0 Å². The molecule has 7 rings (SSSR count). The van der Waals surface area contributed by atoms with Crippen molar-refractivity contribution in [2.75, 3.05) is 0 Å². The van der Waals surface area contributed by atoms with Crippen molar-refractivity contribution in [1.29, 1.82) is 5.26 Å². The Morgan fingerprint density at radius 1 is 1.15 bits per heavy atom. The molecule has 0 radical (unpaired) electrons. The number of aliphatic hydroxyl groups excluding tert-OH is 1. The third kappa shape index (κ3) is 4.03. The van der Waals surface area contributed by atoms with E-state index < -0.39 is 29.4 Å². The number of hydrogen-bond acceptors (Lipinski definition) is 9. The quantitative estimate of drug-likeness (QED) is 0.438. The van der Waals surface area contributed by atoms with Gasteiger partial charge in [-0.2, -0.15) is 20.6 Å². The van der Waals surface area contributed by atoms with Gasteiger partial charge in [0.25, 0.3) is 0 Å². The number of carbonyl (C=O) groups is 2. The highest BCUT2D eigenvalue weighted by molar-refractivity contribution is 5.78. The van der Waals surface area contributed by atoms with Crippen LogP contribution in [0.3, 0.4) is 0 Å². The molecule has 0 bridgehead atoms. The minimum Gasteiger partial charge on any atom is -0.393 e. The van der Waals surface area contributed by atoms with E-state index in [2.05, 4.69) is 36.2 Å². The predicted octanol–water partition coefficient (Wildman–Crippen LogP) is 3.91. The summed E-state index contributed by atoms with van der Waals surface area (Å²) >= 11 is 0. The number of carbonyl (C=O) groups excluding carboxylic acids is 2. The van der Waals surface area contributed by atoms with Gasteiger partial charge in [-0.05, 0) is 92.1 Å². The molecule has 0 aliphatic heterocycles. The van der Waals surface area contributed by atoms with Crippen molar-refractivity contribution in [3.8, 4) is 11.8 Å². The van der Waals surface area contributed by atoms with Gasteiger partial charge in [-0.25, -0.2) is 24.0 Å². The van der Waals surface area contributed by atoms with E-state index in [1.165, 1.54) is 5.57 Å². The Labute approximate surface area is 238 Å². The first-order valence-corrected chi connectivity index (χ1v) is 14.8. The van der Waals surface area contributed by atoms with E-state index in [1.807, 2.05) is 10.7 Å². The molecule has 41 heavy (non-hydrogen) atoms. The molecule has 4 saturated carbocycles. The van der Waals surface area contributed by atoms with Crippen molar-refractivity contribution in [2.45, 2.75) is 77.7 Å². The second kappa shape index (κ2) is 9.48. The zero-order valence-corrected chi connectivity index (χ0v) is 23.5. The van der Waals surface area contributed by atoms with Crippen LogP contribution in [0.2, 0.25) is 0 Å². The van der Waals surface area contributed by atoms with E-state index in [-0.39, 0.29) is 35.5 Å². The molecule has 2 heterocycles.